The molecule has 0 aromatic rings. The Morgan fingerprint density at radius 2 is 2.42 bits per heavy atom. The molecule has 4 heteroatoms. The maximum absolute atomic E-state index is 11.7. The highest BCUT2D eigenvalue weighted by molar-refractivity contribution is 5.72. The minimum atomic E-state index is -0.157. The number of allylic oxidation sites excluding steroid dienone is 2. The average molecular weight is 264 g/mol. The van der Waals surface area contributed by atoms with Gasteiger partial charge in [-0.2, -0.15) is 0 Å². The van der Waals surface area contributed by atoms with Crippen molar-refractivity contribution < 1.29 is 9.53 Å². The number of nitrogens with zero attached hydrogens (tertiary/aromatic N) is 2. The van der Waals surface area contributed by atoms with Crippen LogP contribution >= 0.6 is 0 Å². The maximum atomic E-state index is 11.7. The number of ether oxygens (including phenoxy) is 1. The van der Waals surface area contributed by atoms with Gasteiger partial charge in [-0.05, 0) is 32.8 Å². The molecule has 0 radical (unpaired) electrons. The van der Waals surface area contributed by atoms with Crippen LogP contribution in [-0.2, 0) is 9.53 Å². The summed E-state index contributed by atoms with van der Waals surface area (Å²) in [5.41, 5.74) is 0.739. The summed E-state index contributed by atoms with van der Waals surface area (Å²) in [6.45, 7) is 10.8. The van der Waals surface area contributed by atoms with Gasteiger partial charge in [0.1, 0.15) is 0 Å². The van der Waals surface area contributed by atoms with Crippen LogP contribution in [0.5, 0.6) is 0 Å². The predicted octanol–water partition coefficient (Wildman–Crippen LogP) is 2.77. The van der Waals surface area contributed by atoms with E-state index in [1.807, 2.05) is 19.9 Å². The van der Waals surface area contributed by atoms with Crippen molar-refractivity contribution in [3.63, 3.8) is 0 Å². The van der Waals surface area contributed by atoms with E-state index in [2.05, 4.69) is 29.5 Å². The molecule has 106 valence electrons. The minimum absolute atomic E-state index is 0.153. The molecule has 0 aromatic carbocycles. The first kappa shape index (κ1) is 15.5. The van der Waals surface area contributed by atoms with Crippen LogP contribution in [0, 0.1) is 5.92 Å². The molecule has 0 N–H and O–H groups in total. The second kappa shape index (κ2) is 7.77. The van der Waals surface area contributed by atoms with Gasteiger partial charge in [0, 0.05) is 12.6 Å². The Morgan fingerprint density at radius 3 is 3.11 bits per heavy atom. The standard InChI is InChI=1S/C15H24N2O2/c1-5-19-15(18)12(2)10-17-11-16-13(3)8-6-7-9-14(17)4/h6,8,11-12,14H,3,5,7,9-10H2,1-2,4H3/b8-6-,16-11?. The fraction of sp³-hybridized carbons (Fsp3) is 0.600. The van der Waals surface area contributed by atoms with Gasteiger partial charge >= 0.3 is 5.97 Å². The number of carbonyl (C=O) groups is 1. The van der Waals surface area contributed by atoms with Gasteiger partial charge in [0.15, 0.2) is 0 Å². The van der Waals surface area contributed by atoms with Gasteiger partial charge in [-0.15, -0.1) is 0 Å². The average Bonchev–Trinajstić information content (AvgIpc) is 2.45. The highest BCUT2D eigenvalue weighted by atomic mass is 16.5. The summed E-state index contributed by atoms with van der Waals surface area (Å²) >= 11 is 0. The molecule has 19 heavy (non-hydrogen) atoms. The van der Waals surface area contributed by atoms with E-state index in [-0.39, 0.29) is 11.9 Å². The van der Waals surface area contributed by atoms with E-state index in [0.29, 0.717) is 19.2 Å². The van der Waals surface area contributed by atoms with Crippen LogP contribution < -0.4 is 0 Å². The third-order valence-electron chi connectivity index (χ3n) is 3.17. The molecule has 0 spiro atoms. The van der Waals surface area contributed by atoms with Gasteiger partial charge in [-0.25, -0.2) is 4.99 Å². The minimum Gasteiger partial charge on any atom is -0.466 e. The third-order valence-corrected chi connectivity index (χ3v) is 3.17. The molecule has 4 nitrogen and oxygen atoms in total. The molecule has 0 saturated heterocycles. The second-order valence-electron chi connectivity index (χ2n) is 4.91. The molecule has 1 aliphatic heterocycles. The zero-order chi connectivity index (χ0) is 14.3. The van der Waals surface area contributed by atoms with Crippen molar-refractivity contribution in [3.05, 3.63) is 24.4 Å². The molecule has 1 aliphatic rings. The van der Waals surface area contributed by atoms with Crippen molar-refractivity contribution in [2.75, 3.05) is 13.2 Å². The van der Waals surface area contributed by atoms with Gasteiger partial charge in [0.05, 0.1) is 24.6 Å². The van der Waals surface area contributed by atoms with Gasteiger partial charge in [-0.1, -0.05) is 19.6 Å². The van der Waals surface area contributed by atoms with E-state index in [1.54, 1.807) is 6.34 Å². The van der Waals surface area contributed by atoms with E-state index in [1.165, 1.54) is 0 Å². The van der Waals surface area contributed by atoms with E-state index < -0.39 is 0 Å². The highest BCUT2D eigenvalue weighted by Gasteiger charge is 2.20. The Balaban J connectivity index is 2.67. The van der Waals surface area contributed by atoms with Crippen LogP contribution in [0.25, 0.3) is 0 Å². The Morgan fingerprint density at radius 1 is 1.68 bits per heavy atom. The molecule has 0 amide bonds. The lowest BCUT2D eigenvalue weighted by Crippen LogP contribution is -2.37. The Bertz CT molecular complexity index is 374. The molecule has 2 unspecified atom stereocenters. The highest BCUT2D eigenvalue weighted by Crippen LogP contribution is 2.12. The summed E-state index contributed by atoms with van der Waals surface area (Å²) in [6.07, 6.45) is 7.84. The first-order valence-electron chi connectivity index (χ1n) is 6.86. The summed E-state index contributed by atoms with van der Waals surface area (Å²) in [5.74, 6) is -0.309. The molecular formula is C15H24N2O2. The molecule has 0 aliphatic carbocycles. The van der Waals surface area contributed by atoms with Crippen molar-refractivity contribution >= 4 is 12.3 Å². The maximum Gasteiger partial charge on any atom is 0.310 e. The van der Waals surface area contributed by atoms with Gasteiger partial charge in [0.25, 0.3) is 0 Å². The number of carbonyl (C=O) groups excluding carboxylic acids is 1. The van der Waals surface area contributed by atoms with E-state index >= 15 is 0 Å². The smallest absolute Gasteiger partial charge is 0.310 e. The molecule has 0 fully saturated rings. The summed E-state index contributed by atoms with van der Waals surface area (Å²) in [7, 11) is 0. The van der Waals surface area contributed by atoms with Gasteiger partial charge in [-0.3, -0.25) is 4.79 Å². The third kappa shape index (κ3) is 5.28. The van der Waals surface area contributed by atoms with Crippen LogP contribution in [0.1, 0.15) is 33.6 Å². The monoisotopic (exact) mass is 264 g/mol. The van der Waals surface area contributed by atoms with Crippen molar-refractivity contribution in [2.24, 2.45) is 10.9 Å². The number of hydrogen-bond acceptors (Lipinski definition) is 4. The van der Waals surface area contributed by atoms with E-state index in [0.717, 1.165) is 18.5 Å². The zero-order valence-electron chi connectivity index (χ0n) is 12.1. The van der Waals surface area contributed by atoms with E-state index in [4.69, 9.17) is 4.74 Å². The molecule has 0 bridgehead atoms. The van der Waals surface area contributed by atoms with E-state index in [9.17, 15) is 4.79 Å². The lowest BCUT2D eigenvalue weighted by atomic mass is 10.1. The first-order chi connectivity index (χ1) is 9.04. The summed E-state index contributed by atoms with van der Waals surface area (Å²) in [4.78, 5) is 18.1. The molecule has 1 heterocycles. The van der Waals surface area contributed by atoms with Crippen LogP contribution in [0.2, 0.25) is 0 Å². The molecule has 0 aromatic heterocycles. The number of esters is 1. The van der Waals surface area contributed by atoms with Crippen LogP contribution in [0.3, 0.4) is 0 Å². The number of hydrogen-bond donors (Lipinski definition) is 0. The summed E-state index contributed by atoms with van der Waals surface area (Å²) in [6, 6.07) is 0.344. The van der Waals surface area contributed by atoms with Crippen LogP contribution in [-0.4, -0.2) is 36.4 Å². The molecule has 0 saturated carbocycles. The van der Waals surface area contributed by atoms with Crippen LogP contribution in [0.15, 0.2) is 29.4 Å². The van der Waals surface area contributed by atoms with Crippen molar-refractivity contribution in [3.8, 4) is 0 Å². The SMILES string of the molecule is C=C1/C=C\CCC(C)N(CC(C)C(=O)OCC)C=N1. The fourth-order valence-corrected chi connectivity index (χ4v) is 1.93. The lowest BCUT2D eigenvalue weighted by molar-refractivity contribution is -0.147. The lowest BCUT2D eigenvalue weighted by Gasteiger charge is -2.28. The topological polar surface area (TPSA) is 41.9 Å². The first-order valence-corrected chi connectivity index (χ1v) is 6.86. The fourth-order valence-electron chi connectivity index (χ4n) is 1.93. The quantitative estimate of drug-likeness (QED) is 0.733. The second-order valence-corrected chi connectivity index (χ2v) is 4.91. The Labute approximate surface area is 115 Å². The molecule has 2 atom stereocenters. The molecule has 1 rings (SSSR count). The normalized spacial score (nSPS) is 23.2. The number of rotatable bonds is 4. The van der Waals surface area contributed by atoms with Gasteiger partial charge in [0.2, 0.25) is 0 Å². The largest absolute Gasteiger partial charge is 0.466 e. The Kier molecular flexibility index (Phi) is 6.33. The summed E-state index contributed by atoms with van der Waals surface area (Å²) < 4.78 is 5.04. The van der Waals surface area contributed by atoms with Crippen molar-refractivity contribution in [1.82, 2.24) is 4.90 Å². The molecular weight excluding hydrogens is 240 g/mol. The van der Waals surface area contributed by atoms with Gasteiger partial charge < -0.3 is 9.64 Å². The summed E-state index contributed by atoms with van der Waals surface area (Å²) in [5, 5.41) is 0. The van der Waals surface area contributed by atoms with Crippen molar-refractivity contribution in [2.45, 2.75) is 39.7 Å². The predicted molar refractivity (Wildman–Crippen MR) is 78.0 cm³/mol. The van der Waals surface area contributed by atoms with Crippen molar-refractivity contribution in [1.29, 1.82) is 0 Å². The number of aliphatic imine (C=N–C) groups is 1. The zero-order valence-corrected chi connectivity index (χ0v) is 12.1. The van der Waals surface area contributed by atoms with Crippen LogP contribution in [0.4, 0.5) is 0 Å². The Hall–Kier alpha value is -1.58.